The SMILES string of the molecule is NCc1ccc(N2C(=O)NC3(CCCCC3)C2=O)cc1. The summed E-state index contributed by atoms with van der Waals surface area (Å²) in [6.07, 6.45) is 4.61. The maximum Gasteiger partial charge on any atom is 0.329 e. The Labute approximate surface area is 118 Å². The van der Waals surface area contributed by atoms with Gasteiger partial charge in [-0.2, -0.15) is 0 Å². The lowest BCUT2D eigenvalue weighted by atomic mass is 9.81. The number of hydrogen-bond donors (Lipinski definition) is 2. The second-order valence-electron chi connectivity index (χ2n) is 5.58. The van der Waals surface area contributed by atoms with Crippen LogP contribution in [0.5, 0.6) is 0 Å². The number of anilines is 1. The third-order valence-corrected chi connectivity index (χ3v) is 4.30. The summed E-state index contributed by atoms with van der Waals surface area (Å²) in [7, 11) is 0. The molecule has 1 heterocycles. The van der Waals surface area contributed by atoms with Crippen molar-refractivity contribution in [3.63, 3.8) is 0 Å². The second kappa shape index (κ2) is 4.90. The molecule has 1 aromatic rings. The van der Waals surface area contributed by atoms with Gasteiger partial charge in [-0.1, -0.05) is 31.4 Å². The molecule has 5 heteroatoms. The minimum Gasteiger partial charge on any atom is -0.326 e. The van der Waals surface area contributed by atoms with Crippen LogP contribution in [-0.2, 0) is 11.3 Å². The van der Waals surface area contributed by atoms with E-state index in [9.17, 15) is 9.59 Å². The largest absolute Gasteiger partial charge is 0.329 e. The van der Waals surface area contributed by atoms with Crippen molar-refractivity contribution in [1.29, 1.82) is 0 Å². The van der Waals surface area contributed by atoms with E-state index in [2.05, 4.69) is 5.32 Å². The first-order chi connectivity index (χ1) is 9.66. The fourth-order valence-electron chi connectivity index (χ4n) is 3.13. The molecule has 1 aliphatic carbocycles. The van der Waals surface area contributed by atoms with Gasteiger partial charge in [0.15, 0.2) is 0 Å². The molecule has 2 fully saturated rings. The van der Waals surface area contributed by atoms with Crippen LogP contribution in [0.1, 0.15) is 37.7 Å². The number of nitrogens with zero attached hydrogens (tertiary/aromatic N) is 1. The average Bonchev–Trinajstić information content (AvgIpc) is 2.71. The van der Waals surface area contributed by atoms with Gasteiger partial charge in [0.25, 0.3) is 5.91 Å². The number of carbonyl (C=O) groups is 2. The van der Waals surface area contributed by atoms with Crippen molar-refractivity contribution >= 4 is 17.6 Å². The van der Waals surface area contributed by atoms with Gasteiger partial charge in [0, 0.05) is 6.54 Å². The lowest BCUT2D eigenvalue weighted by Gasteiger charge is -2.30. The van der Waals surface area contributed by atoms with Crippen LogP contribution in [0, 0.1) is 0 Å². The minimum atomic E-state index is -0.665. The summed E-state index contributed by atoms with van der Waals surface area (Å²) in [6.45, 7) is 0.449. The minimum absolute atomic E-state index is 0.109. The Hall–Kier alpha value is -1.88. The number of imide groups is 1. The summed E-state index contributed by atoms with van der Waals surface area (Å²) >= 11 is 0. The van der Waals surface area contributed by atoms with Gasteiger partial charge in [-0.05, 0) is 30.5 Å². The van der Waals surface area contributed by atoms with Gasteiger partial charge in [0.05, 0.1) is 5.69 Å². The summed E-state index contributed by atoms with van der Waals surface area (Å²) in [5.74, 6) is -0.109. The fraction of sp³-hybridized carbons (Fsp3) is 0.467. The zero-order valence-corrected chi connectivity index (χ0v) is 11.4. The molecule has 0 unspecified atom stereocenters. The molecule has 1 saturated heterocycles. The quantitative estimate of drug-likeness (QED) is 0.808. The number of rotatable bonds is 2. The van der Waals surface area contributed by atoms with Gasteiger partial charge in [-0.3, -0.25) is 4.79 Å². The van der Waals surface area contributed by atoms with Crippen LogP contribution in [0.25, 0.3) is 0 Å². The molecule has 1 spiro atoms. The molecule has 0 aromatic heterocycles. The molecule has 3 rings (SSSR count). The number of urea groups is 1. The van der Waals surface area contributed by atoms with Crippen LogP contribution < -0.4 is 16.0 Å². The molecule has 3 amide bonds. The molecule has 0 atom stereocenters. The highest BCUT2D eigenvalue weighted by molar-refractivity contribution is 6.23. The summed E-state index contributed by atoms with van der Waals surface area (Å²) in [5.41, 5.74) is 6.49. The first-order valence-corrected chi connectivity index (χ1v) is 7.12. The Morgan fingerprint density at radius 1 is 1.10 bits per heavy atom. The van der Waals surface area contributed by atoms with E-state index in [4.69, 9.17) is 5.73 Å². The zero-order valence-electron chi connectivity index (χ0n) is 11.4. The van der Waals surface area contributed by atoms with Crippen LogP contribution in [0.15, 0.2) is 24.3 Å². The zero-order chi connectivity index (χ0) is 14.2. The lowest BCUT2D eigenvalue weighted by Crippen LogP contribution is -2.48. The highest BCUT2D eigenvalue weighted by Crippen LogP contribution is 2.35. The number of carbonyl (C=O) groups excluding carboxylic acids is 2. The predicted molar refractivity (Wildman–Crippen MR) is 76.2 cm³/mol. The number of hydrogen-bond acceptors (Lipinski definition) is 3. The Balaban J connectivity index is 1.89. The Morgan fingerprint density at radius 3 is 2.35 bits per heavy atom. The second-order valence-corrected chi connectivity index (χ2v) is 5.58. The number of nitrogens with one attached hydrogen (secondary N) is 1. The van der Waals surface area contributed by atoms with E-state index in [0.29, 0.717) is 12.2 Å². The molecule has 0 bridgehead atoms. The van der Waals surface area contributed by atoms with E-state index in [1.54, 1.807) is 12.1 Å². The lowest BCUT2D eigenvalue weighted by molar-refractivity contribution is -0.123. The van der Waals surface area contributed by atoms with Crippen LogP contribution in [0.3, 0.4) is 0 Å². The summed E-state index contributed by atoms with van der Waals surface area (Å²) < 4.78 is 0. The van der Waals surface area contributed by atoms with E-state index in [0.717, 1.165) is 37.7 Å². The van der Waals surface area contributed by atoms with Gasteiger partial charge < -0.3 is 11.1 Å². The van der Waals surface area contributed by atoms with Gasteiger partial charge in [0.1, 0.15) is 5.54 Å². The van der Waals surface area contributed by atoms with Crippen molar-refractivity contribution in [3.8, 4) is 0 Å². The molecular formula is C15H19N3O2. The summed E-state index contributed by atoms with van der Waals surface area (Å²) in [5, 5.41) is 2.91. The molecule has 3 N–H and O–H groups in total. The Kier molecular flexibility index (Phi) is 3.22. The molecule has 2 aliphatic rings. The summed E-state index contributed by atoms with van der Waals surface area (Å²) in [4.78, 5) is 26.1. The first-order valence-electron chi connectivity index (χ1n) is 7.12. The number of benzene rings is 1. The standard InChI is InChI=1S/C15H19N3O2/c16-10-11-4-6-12(7-5-11)18-13(19)15(17-14(18)20)8-2-1-3-9-15/h4-7H,1-3,8-10,16H2,(H,17,20). The first kappa shape index (κ1) is 13.1. The average molecular weight is 273 g/mol. The van der Waals surface area contributed by atoms with Gasteiger partial charge in [-0.25, -0.2) is 9.69 Å². The van der Waals surface area contributed by atoms with Gasteiger partial charge in [-0.15, -0.1) is 0 Å². The van der Waals surface area contributed by atoms with Crippen molar-refractivity contribution in [2.24, 2.45) is 5.73 Å². The van der Waals surface area contributed by atoms with Crippen LogP contribution in [0.4, 0.5) is 10.5 Å². The van der Waals surface area contributed by atoms with Crippen molar-refractivity contribution in [2.75, 3.05) is 4.90 Å². The molecule has 0 radical (unpaired) electrons. The van der Waals surface area contributed by atoms with Gasteiger partial charge >= 0.3 is 6.03 Å². The summed E-state index contributed by atoms with van der Waals surface area (Å²) in [6, 6.07) is 6.95. The maximum atomic E-state index is 12.7. The van der Waals surface area contributed by atoms with E-state index >= 15 is 0 Å². The van der Waals surface area contributed by atoms with E-state index < -0.39 is 5.54 Å². The van der Waals surface area contributed by atoms with Crippen LogP contribution in [0.2, 0.25) is 0 Å². The molecule has 1 aromatic carbocycles. The van der Waals surface area contributed by atoms with Crippen molar-refractivity contribution in [3.05, 3.63) is 29.8 Å². The predicted octanol–water partition coefficient (Wildman–Crippen LogP) is 1.90. The molecule has 106 valence electrons. The van der Waals surface area contributed by atoms with Crippen molar-refractivity contribution in [1.82, 2.24) is 5.32 Å². The maximum absolute atomic E-state index is 12.7. The Bertz CT molecular complexity index is 533. The van der Waals surface area contributed by atoms with E-state index in [1.165, 1.54) is 4.90 Å². The monoisotopic (exact) mass is 273 g/mol. The molecule has 20 heavy (non-hydrogen) atoms. The fourth-order valence-corrected chi connectivity index (χ4v) is 3.13. The van der Waals surface area contributed by atoms with Crippen LogP contribution >= 0.6 is 0 Å². The van der Waals surface area contributed by atoms with Crippen LogP contribution in [-0.4, -0.2) is 17.5 Å². The third-order valence-electron chi connectivity index (χ3n) is 4.30. The topological polar surface area (TPSA) is 75.4 Å². The Morgan fingerprint density at radius 2 is 1.75 bits per heavy atom. The van der Waals surface area contributed by atoms with Crippen molar-refractivity contribution in [2.45, 2.75) is 44.2 Å². The highest BCUT2D eigenvalue weighted by atomic mass is 16.2. The highest BCUT2D eigenvalue weighted by Gasteiger charge is 2.51. The number of amides is 3. The molecule has 5 nitrogen and oxygen atoms in total. The number of nitrogens with two attached hydrogens (primary N) is 1. The molecule has 1 aliphatic heterocycles. The van der Waals surface area contributed by atoms with E-state index in [-0.39, 0.29) is 11.9 Å². The smallest absolute Gasteiger partial charge is 0.326 e. The molecular weight excluding hydrogens is 254 g/mol. The normalized spacial score (nSPS) is 21.4. The third kappa shape index (κ3) is 1.98. The van der Waals surface area contributed by atoms with Gasteiger partial charge in [0.2, 0.25) is 0 Å². The van der Waals surface area contributed by atoms with Crippen molar-refractivity contribution < 1.29 is 9.59 Å². The van der Waals surface area contributed by atoms with E-state index in [1.807, 2.05) is 12.1 Å². The molecule has 1 saturated carbocycles.